The highest BCUT2D eigenvalue weighted by Crippen LogP contribution is 2.21. The molecule has 1 aliphatic carbocycles. The van der Waals surface area contributed by atoms with Crippen molar-refractivity contribution in [3.63, 3.8) is 0 Å². The lowest BCUT2D eigenvalue weighted by Gasteiger charge is -2.18. The van der Waals surface area contributed by atoms with Gasteiger partial charge >= 0.3 is 17.8 Å². The quantitative estimate of drug-likeness (QED) is 0.412. The Kier molecular flexibility index (Phi) is 6.73. The van der Waals surface area contributed by atoms with Gasteiger partial charge in [0.05, 0.1) is 0 Å². The third-order valence-electron chi connectivity index (χ3n) is 4.61. The molecule has 5 amide bonds. The predicted molar refractivity (Wildman–Crippen MR) is 92.5 cm³/mol. The van der Waals surface area contributed by atoms with E-state index < -0.39 is 30.3 Å². The van der Waals surface area contributed by atoms with Crippen LogP contribution in [0.1, 0.15) is 58.8 Å². The minimum Gasteiger partial charge on any atom is -0.352 e. The molecule has 138 valence electrons. The Labute approximate surface area is 148 Å². The van der Waals surface area contributed by atoms with Crippen molar-refractivity contribution in [3.05, 3.63) is 11.6 Å². The van der Waals surface area contributed by atoms with Crippen LogP contribution in [0.5, 0.6) is 0 Å². The molecule has 2 aliphatic rings. The van der Waals surface area contributed by atoms with Crippen molar-refractivity contribution in [1.82, 2.24) is 15.1 Å². The minimum atomic E-state index is -0.916. The summed E-state index contributed by atoms with van der Waals surface area (Å²) in [6.07, 6.45) is 8.77. The van der Waals surface area contributed by atoms with Crippen LogP contribution in [0.3, 0.4) is 0 Å². The largest absolute Gasteiger partial charge is 0.352 e. The maximum Gasteiger partial charge on any atom is 0.334 e. The van der Waals surface area contributed by atoms with E-state index in [1.807, 2.05) is 13.8 Å². The third-order valence-corrected chi connectivity index (χ3v) is 4.61. The first-order chi connectivity index (χ1) is 11.9. The monoisotopic (exact) mass is 349 g/mol. The van der Waals surface area contributed by atoms with Crippen LogP contribution in [0.25, 0.3) is 0 Å². The molecular weight excluding hydrogens is 322 g/mol. The summed E-state index contributed by atoms with van der Waals surface area (Å²) in [5.41, 5.74) is 1.23. The fourth-order valence-corrected chi connectivity index (χ4v) is 3.24. The van der Waals surface area contributed by atoms with E-state index in [-0.39, 0.29) is 12.6 Å². The Balaban J connectivity index is 1.91. The van der Waals surface area contributed by atoms with E-state index in [0.29, 0.717) is 6.42 Å². The van der Waals surface area contributed by atoms with Crippen LogP contribution in [0.15, 0.2) is 11.6 Å². The smallest absolute Gasteiger partial charge is 0.334 e. The number of hydrogen-bond acceptors (Lipinski definition) is 4. The topological polar surface area (TPSA) is 86.8 Å². The first-order valence-corrected chi connectivity index (χ1v) is 9.08. The van der Waals surface area contributed by atoms with E-state index in [1.54, 1.807) is 0 Å². The summed E-state index contributed by atoms with van der Waals surface area (Å²) in [5.74, 6) is -2.18. The zero-order chi connectivity index (χ0) is 18.4. The molecule has 7 heteroatoms. The molecule has 7 nitrogen and oxygen atoms in total. The predicted octanol–water partition coefficient (Wildman–Crippen LogP) is 1.97. The lowest BCUT2D eigenvalue weighted by atomic mass is 9.97. The van der Waals surface area contributed by atoms with Crippen LogP contribution in [0.4, 0.5) is 4.79 Å². The molecule has 1 saturated heterocycles. The minimum absolute atomic E-state index is 0.0321. The standard InChI is InChI=1S/C18H27N3O4/c1-3-7-13(2)19-15(22)12-21-17(24)16(23)20(18(21)25)11-10-14-8-5-4-6-9-14/h8,13H,3-7,9-12H2,1-2H3,(H,19,22). The molecule has 0 aromatic heterocycles. The fourth-order valence-electron chi connectivity index (χ4n) is 3.24. The highest BCUT2D eigenvalue weighted by atomic mass is 16.2. The summed E-state index contributed by atoms with van der Waals surface area (Å²) in [7, 11) is 0. The summed E-state index contributed by atoms with van der Waals surface area (Å²) >= 11 is 0. The van der Waals surface area contributed by atoms with Crippen molar-refractivity contribution < 1.29 is 19.2 Å². The van der Waals surface area contributed by atoms with Crippen molar-refractivity contribution in [2.75, 3.05) is 13.1 Å². The molecule has 0 radical (unpaired) electrons. The molecular formula is C18H27N3O4. The van der Waals surface area contributed by atoms with E-state index in [1.165, 1.54) is 12.0 Å². The number of nitrogens with zero attached hydrogens (tertiary/aromatic N) is 2. The number of nitrogens with one attached hydrogen (secondary N) is 1. The summed E-state index contributed by atoms with van der Waals surface area (Å²) in [6.45, 7) is 3.66. The van der Waals surface area contributed by atoms with Crippen molar-refractivity contribution in [2.24, 2.45) is 0 Å². The Hall–Kier alpha value is -2.18. The van der Waals surface area contributed by atoms with Crippen LogP contribution in [0, 0.1) is 0 Å². The molecule has 1 heterocycles. The van der Waals surface area contributed by atoms with Gasteiger partial charge in [0, 0.05) is 12.6 Å². The van der Waals surface area contributed by atoms with E-state index in [0.717, 1.165) is 41.9 Å². The highest BCUT2D eigenvalue weighted by molar-refractivity contribution is 6.45. The Morgan fingerprint density at radius 1 is 1.20 bits per heavy atom. The highest BCUT2D eigenvalue weighted by Gasteiger charge is 2.44. The fraction of sp³-hybridized carbons (Fsp3) is 0.667. The number of amides is 5. The van der Waals surface area contributed by atoms with Crippen molar-refractivity contribution in [1.29, 1.82) is 0 Å². The molecule has 0 aromatic rings. The van der Waals surface area contributed by atoms with Crippen molar-refractivity contribution in [3.8, 4) is 0 Å². The molecule has 0 aromatic carbocycles. The average molecular weight is 349 g/mol. The van der Waals surface area contributed by atoms with Gasteiger partial charge in [0.25, 0.3) is 0 Å². The number of hydrogen-bond donors (Lipinski definition) is 1. The maximum atomic E-state index is 12.4. The van der Waals surface area contributed by atoms with Gasteiger partial charge in [0.2, 0.25) is 5.91 Å². The number of urea groups is 1. The van der Waals surface area contributed by atoms with Crippen molar-refractivity contribution in [2.45, 2.75) is 64.8 Å². The summed E-state index contributed by atoms with van der Waals surface area (Å²) in [5, 5.41) is 2.74. The van der Waals surface area contributed by atoms with E-state index in [4.69, 9.17) is 0 Å². The summed E-state index contributed by atoms with van der Waals surface area (Å²) in [4.78, 5) is 50.2. The average Bonchev–Trinajstić information content (AvgIpc) is 2.78. The zero-order valence-corrected chi connectivity index (χ0v) is 15.0. The molecule has 0 saturated carbocycles. The number of rotatable bonds is 8. The van der Waals surface area contributed by atoms with Gasteiger partial charge in [-0.1, -0.05) is 25.0 Å². The normalized spacial score (nSPS) is 19.3. The van der Waals surface area contributed by atoms with Crippen LogP contribution in [0.2, 0.25) is 0 Å². The van der Waals surface area contributed by atoms with Crippen LogP contribution in [-0.4, -0.2) is 52.7 Å². The van der Waals surface area contributed by atoms with Gasteiger partial charge in [-0.2, -0.15) is 0 Å². The van der Waals surface area contributed by atoms with Crippen LogP contribution < -0.4 is 5.32 Å². The first-order valence-electron chi connectivity index (χ1n) is 9.08. The molecule has 0 spiro atoms. The summed E-state index contributed by atoms with van der Waals surface area (Å²) < 4.78 is 0. The van der Waals surface area contributed by atoms with Gasteiger partial charge in [-0.15, -0.1) is 0 Å². The van der Waals surface area contributed by atoms with Gasteiger partial charge in [-0.25, -0.2) is 9.69 Å². The van der Waals surface area contributed by atoms with Gasteiger partial charge in [-0.3, -0.25) is 19.3 Å². The molecule has 25 heavy (non-hydrogen) atoms. The maximum absolute atomic E-state index is 12.4. The second-order valence-electron chi connectivity index (χ2n) is 6.75. The van der Waals surface area contributed by atoms with E-state index >= 15 is 0 Å². The number of allylic oxidation sites excluding steroid dienone is 1. The Bertz CT molecular complexity index is 585. The van der Waals surface area contributed by atoms with Crippen molar-refractivity contribution >= 4 is 23.8 Å². The van der Waals surface area contributed by atoms with Gasteiger partial charge in [0.15, 0.2) is 0 Å². The molecule has 1 atom stereocenters. The van der Waals surface area contributed by atoms with Gasteiger partial charge < -0.3 is 5.32 Å². The number of carbonyl (C=O) groups excluding carboxylic acids is 4. The van der Waals surface area contributed by atoms with Gasteiger partial charge in [0.1, 0.15) is 6.54 Å². The molecule has 1 fully saturated rings. The Morgan fingerprint density at radius 3 is 2.56 bits per heavy atom. The molecule has 0 bridgehead atoms. The number of carbonyl (C=O) groups is 4. The van der Waals surface area contributed by atoms with Crippen LogP contribution >= 0.6 is 0 Å². The lowest BCUT2D eigenvalue weighted by Crippen LogP contribution is -2.44. The van der Waals surface area contributed by atoms with E-state index in [9.17, 15) is 19.2 Å². The second-order valence-corrected chi connectivity index (χ2v) is 6.75. The molecule has 2 rings (SSSR count). The zero-order valence-electron chi connectivity index (χ0n) is 15.0. The second kappa shape index (κ2) is 8.78. The molecule has 1 unspecified atom stereocenters. The summed E-state index contributed by atoms with van der Waals surface area (Å²) in [6, 6.07) is -0.722. The molecule has 1 N–H and O–H groups in total. The van der Waals surface area contributed by atoms with Gasteiger partial charge in [-0.05, 0) is 45.4 Å². The Morgan fingerprint density at radius 2 is 1.92 bits per heavy atom. The van der Waals surface area contributed by atoms with E-state index in [2.05, 4.69) is 11.4 Å². The molecule has 1 aliphatic heterocycles. The SMILES string of the molecule is CCCC(C)NC(=O)CN1C(=O)C(=O)N(CCC2=CCCCC2)C1=O. The third kappa shape index (κ3) is 4.90. The van der Waals surface area contributed by atoms with Crippen LogP contribution in [-0.2, 0) is 14.4 Å². The number of imide groups is 2. The first kappa shape index (κ1) is 19.1. The lowest BCUT2D eigenvalue weighted by molar-refractivity contribution is -0.144.